The highest BCUT2D eigenvalue weighted by Gasteiger charge is 2.11. The SMILES string of the molecule is O=C(Cn1ncc2ccccc2c1=O)Nc1ccnn1Cc1ccc(Br)cc1. The van der Waals surface area contributed by atoms with Crippen molar-refractivity contribution in [2.75, 3.05) is 5.32 Å². The normalized spacial score (nSPS) is 10.9. The van der Waals surface area contributed by atoms with Crippen LogP contribution in [0.3, 0.4) is 0 Å². The molecule has 4 aromatic rings. The molecule has 140 valence electrons. The number of halogens is 1. The highest BCUT2D eigenvalue weighted by molar-refractivity contribution is 9.10. The molecular weight excluding hydrogens is 422 g/mol. The largest absolute Gasteiger partial charge is 0.309 e. The lowest BCUT2D eigenvalue weighted by Gasteiger charge is -2.10. The van der Waals surface area contributed by atoms with E-state index in [1.807, 2.05) is 36.4 Å². The van der Waals surface area contributed by atoms with Gasteiger partial charge < -0.3 is 5.32 Å². The van der Waals surface area contributed by atoms with Gasteiger partial charge in [-0.1, -0.05) is 46.3 Å². The van der Waals surface area contributed by atoms with Crippen molar-refractivity contribution >= 4 is 38.4 Å². The van der Waals surface area contributed by atoms with Crippen LogP contribution in [0, 0.1) is 0 Å². The van der Waals surface area contributed by atoms with Gasteiger partial charge in [-0.2, -0.15) is 10.2 Å². The number of hydrogen-bond acceptors (Lipinski definition) is 4. The molecule has 1 N–H and O–H groups in total. The maximum absolute atomic E-state index is 12.5. The van der Waals surface area contributed by atoms with Gasteiger partial charge in [0.25, 0.3) is 5.56 Å². The van der Waals surface area contributed by atoms with Gasteiger partial charge in [-0.3, -0.25) is 9.59 Å². The first-order chi connectivity index (χ1) is 13.6. The molecule has 4 rings (SSSR count). The summed E-state index contributed by atoms with van der Waals surface area (Å²) in [6.07, 6.45) is 3.21. The lowest BCUT2D eigenvalue weighted by atomic mass is 10.2. The molecule has 28 heavy (non-hydrogen) atoms. The maximum Gasteiger partial charge on any atom is 0.275 e. The molecule has 0 radical (unpaired) electrons. The van der Waals surface area contributed by atoms with Gasteiger partial charge in [0.1, 0.15) is 12.4 Å². The first kappa shape index (κ1) is 18.1. The molecule has 0 bridgehead atoms. The predicted octanol–water partition coefficient (Wildman–Crippen LogP) is 3.04. The maximum atomic E-state index is 12.5. The average molecular weight is 438 g/mol. The van der Waals surface area contributed by atoms with Crippen LogP contribution >= 0.6 is 15.9 Å². The summed E-state index contributed by atoms with van der Waals surface area (Å²) in [7, 11) is 0. The molecule has 0 atom stereocenters. The minimum absolute atomic E-state index is 0.173. The van der Waals surface area contributed by atoms with Gasteiger partial charge in [0.2, 0.25) is 5.91 Å². The molecule has 1 amide bonds. The molecule has 2 heterocycles. The minimum Gasteiger partial charge on any atom is -0.309 e. The number of fused-ring (bicyclic) bond motifs is 1. The molecule has 8 heteroatoms. The topological polar surface area (TPSA) is 81.8 Å². The van der Waals surface area contributed by atoms with Crippen molar-refractivity contribution in [1.29, 1.82) is 0 Å². The van der Waals surface area contributed by atoms with E-state index in [1.54, 1.807) is 35.3 Å². The smallest absolute Gasteiger partial charge is 0.275 e. The summed E-state index contributed by atoms with van der Waals surface area (Å²) >= 11 is 3.41. The van der Waals surface area contributed by atoms with Crippen LogP contribution in [0.4, 0.5) is 5.82 Å². The fraction of sp³-hybridized carbons (Fsp3) is 0.100. The highest BCUT2D eigenvalue weighted by atomic mass is 79.9. The van der Waals surface area contributed by atoms with E-state index in [2.05, 4.69) is 31.4 Å². The van der Waals surface area contributed by atoms with E-state index in [1.165, 1.54) is 0 Å². The van der Waals surface area contributed by atoms with Crippen LogP contribution in [-0.2, 0) is 17.9 Å². The predicted molar refractivity (Wildman–Crippen MR) is 110 cm³/mol. The highest BCUT2D eigenvalue weighted by Crippen LogP contribution is 2.14. The summed E-state index contributed by atoms with van der Waals surface area (Å²) in [5, 5.41) is 12.4. The van der Waals surface area contributed by atoms with Crippen molar-refractivity contribution in [3.05, 3.63) is 87.4 Å². The Kier molecular flexibility index (Phi) is 5.03. The van der Waals surface area contributed by atoms with Crippen LogP contribution < -0.4 is 10.9 Å². The van der Waals surface area contributed by atoms with Crippen molar-refractivity contribution in [3.8, 4) is 0 Å². The number of carbonyl (C=O) groups excluding carboxylic acids is 1. The Morgan fingerprint density at radius 3 is 2.61 bits per heavy atom. The molecule has 0 spiro atoms. The van der Waals surface area contributed by atoms with Gasteiger partial charge in [-0.15, -0.1) is 0 Å². The summed E-state index contributed by atoms with van der Waals surface area (Å²) in [5.41, 5.74) is 0.756. The number of amides is 1. The zero-order valence-corrected chi connectivity index (χ0v) is 16.3. The van der Waals surface area contributed by atoms with Crippen molar-refractivity contribution in [2.24, 2.45) is 0 Å². The average Bonchev–Trinajstić information content (AvgIpc) is 3.12. The number of aromatic nitrogens is 4. The molecule has 0 aliphatic rings. The Hall–Kier alpha value is -3.26. The van der Waals surface area contributed by atoms with Gasteiger partial charge >= 0.3 is 0 Å². The van der Waals surface area contributed by atoms with Crippen LogP contribution in [0.5, 0.6) is 0 Å². The molecule has 2 aromatic heterocycles. The third-order valence-electron chi connectivity index (χ3n) is 4.28. The third kappa shape index (κ3) is 3.86. The number of nitrogens with one attached hydrogen (secondary N) is 1. The van der Waals surface area contributed by atoms with Crippen LogP contribution in [0.15, 0.2) is 76.3 Å². The molecule has 0 fully saturated rings. The van der Waals surface area contributed by atoms with E-state index in [0.29, 0.717) is 17.7 Å². The fourth-order valence-corrected chi connectivity index (χ4v) is 3.15. The van der Waals surface area contributed by atoms with E-state index in [0.717, 1.165) is 20.1 Å². The lowest BCUT2D eigenvalue weighted by molar-refractivity contribution is -0.117. The van der Waals surface area contributed by atoms with Crippen molar-refractivity contribution in [2.45, 2.75) is 13.1 Å². The summed E-state index contributed by atoms with van der Waals surface area (Å²) < 4.78 is 3.85. The van der Waals surface area contributed by atoms with Gasteiger partial charge in [0, 0.05) is 15.9 Å². The van der Waals surface area contributed by atoms with E-state index in [9.17, 15) is 9.59 Å². The second-order valence-electron chi connectivity index (χ2n) is 6.24. The van der Waals surface area contributed by atoms with Crippen LogP contribution in [-0.4, -0.2) is 25.5 Å². The van der Waals surface area contributed by atoms with Crippen molar-refractivity contribution in [1.82, 2.24) is 19.6 Å². The van der Waals surface area contributed by atoms with Gasteiger partial charge in [0.05, 0.1) is 24.3 Å². The molecule has 0 aliphatic carbocycles. The molecular formula is C20H16BrN5O2. The number of carbonyl (C=O) groups is 1. The molecule has 0 saturated heterocycles. The zero-order chi connectivity index (χ0) is 19.5. The summed E-state index contributed by atoms with van der Waals surface area (Å²) in [4.78, 5) is 25.0. The Morgan fingerprint density at radius 2 is 1.79 bits per heavy atom. The van der Waals surface area contributed by atoms with Gasteiger partial charge in [-0.05, 0) is 23.8 Å². The molecule has 7 nitrogen and oxygen atoms in total. The first-order valence-corrected chi connectivity index (χ1v) is 9.40. The quantitative estimate of drug-likeness (QED) is 0.520. The third-order valence-corrected chi connectivity index (χ3v) is 4.81. The Labute approximate surface area is 168 Å². The second kappa shape index (κ2) is 7.77. The van der Waals surface area contributed by atoms with Crippen LogP contribution in [0.2, 0.25) is 0 Å². The zero-order valence-electron chi connectivity index (χ0n) is 14.7. The van der Waals surface area contributed by atoms with Crippen molar-refractivity contribution < 1.29 is 4.79 Å². The molecule has 0 aliphatic heterocycles. The van der Waals surface area contributed by atoms with Gasteiger partial charge in [0.15, 0.2) is 0 Å². The molecule has 0 unspecified atom stereocenters. The fourth-order valence-electron chi connectivity index (χ4n) is 2.89. The van der Waals surface area contributed by atoms with E-state index >= 15 is 0 Å². The first-order valence-electron chi connectivity index (χ1n) is 8.61. The second-order valence-corrected chi connectivity index (χ2v) is 7.16. The summed E-state index contributed by atoms with van der Waals surface area (Å²) in [6.45, 7) is 0.344. The molecule has 0 saturated carbocycles. The van der Waals surface area contributed by atoms with Gasteiger partial charge in [-0.25, -0.2) is 9.36 Å². The van der Waals surface area contributed by atoms with Crippen molar-refractivity contribution in [3.63, 3.8) is 0 Å². The van der Waals surface area contributed by atoms with E-state index in [-0.39, 0.29) is 18.0 Å². The Balaban J connectivity index is 1.49. The summed E-state index contributed by atoms with van der Waals surface area (Å²) in [6, 6.07) is 16.8. The number of anilines is 1. The standard InChI is InChI=1S/C20H16BrN5O2/c21-16-7-5-14(6-8-16)12-25-18(9-10-22-25)24-19(27)13-26-20(28)17-4-2-1-3-15(17)11-23-26/h1-11H,12-13H2,(H,24,27). The Morgan fingerprint density at radius 1 is 1.00 bits per heavy atom. The monoisotopic (exact) mass is 437 g/mol. The molecule has 2 aromatic carbocycles. The Bertz CT molecular complexity index is 1200. The minimum atomic E-state index is -0.345. The van der Waals surface area contributed by atoms with Crippen LogP contribution in [0.1, 0.15) is 5.56 Å². The van der Waals surface area contributed by atoms with E-state index < -0.39 is 0 Å². The number of hydrogen-bond donors (Lipinski definition) is 1. The number of nitrogens with zero attached hydrogens (tertiary/aromatic N) is 4. The lowest BCUT2D eigenvalue weighted by Crippen LogP contribution is -2.30. The summed E-state index contributed by atoms with van der Waals surface area (Å²) in [5.74, 6) is 0.212. The van der Waals surface area contributed by atoms with Crippen LogP contribution in [0.25, 0.3) is 10.8 Å². The number of rotatable bonds is 5. The van der Waals surface area contributed by atoms with E-state index in [4.69, 9.17) is 0 Å². The number of benzene rings is 2.